The van der Waals surface area contributed by atoms with Gasteiger partial charge in [0.1, 0.15) is 12.3 Å². The minimum atomic E-state index is -0.254. The summed E-state index contributed by atoms with van der Waals surface area (Å²) in [6, 6.07) is 11.4. The molecule has 2 aromatic rings. The van der Waals surface area contributed by atoms with Crippen LogP contribution in [0, 0.1) is 0 Å². The molecule has 0 unspecified atom stereocenters. The minimum Gasteiger partial charge on any atom is -0.497 e. The number of nitrogens with zero attached hydrogens (tertiary/aromatic N) is 5. The van der Waals surface area contributed by atoms with Crippen molar-refractivity contribution >= 4 is 17.8 Å². The lowest BCUT2D eigenvalue weighted by molar-refractivity contribution is -0.131. The number of ether oxygens (including phenoxy) is 2. The van der Waals surface area contributed by atoms with Crippen LogP contribution in [0.2, 0.25) is 0 Å². The van der Waals surface area contributed by atoms with E-state index in [0.717, 1.165) is 35.8 Å². The maximum Gasteiger partial charge on any atom is 0.317 e. The van der Waals surface area contributed by atoms with Crippen LogP contribution in [0.25, 0.3) is 11.3 Å². The van der Waals surface area contributed by atoms with E-state index in [9.17, 15) is 9.59 Å². The fourth-order valence-electron chi connectivity index (χ4n) is 3.81. The topological polar surface area (TPSA) is 100 Å². The van der Waals surface area contributed by atoms with Gasteiger partial charge in [-0.25, -0.2) is 4.79 Å². The molecule has 34 heavy (non-hydrogen) atoms. The molecule has 1 saturated heterocycles. The highest BCUT2D eigenvalue weighted by atomic mass is 16.5. The van der Waals surface area contributed by atoms with Gasteiger partial charge in [0.25, 0.3) is 0 Å². The van der Waals surface area contributed by atoms with Crippen LogP contribution in [0.1, 0.15) is 13.3 Å². The van der Waals surface area contributed by atoms with Gasteiger partial charge in [-0.2, -0.15) is 0 Å². The number of aromatic nitrogens is 2. The Labute approximate surface area is 200 Å². The van der Waals surface area contributed by atoms with Gasteiger partial charge in [-0.15, -0.1) is 10.2 Å². The number of carbonyl (C=O) groups is 2. The van der Waals surface area contributed by atoms with Crippen LogP contribution in [-0.4, -0.2) is 98.6 Å². The van der Waals surface area contributed by atoms with E-state index in [0.29, 0.717) is 39.3 Å². The number of amides is 3. The van der Waals surface area contributed by atoms with Crippen molar-refractivity contribution in [2.75, 3.05) is 71.5 Å². The second-order valence-corrected chi connectivity index (χ2v) is 7.98. The zero-order valence-electron chi connectivity index (χ0n) is 20.2. The lowest BCUT2D eigenvalue weighted by Crippen LogP contribution is -2.48. The molecule has 3 rings (SSSR count). The first-order valence-electron chi connectivity index (χ1n) is 11.6. The molecule has 1 N–H and O–H groups in total. The van der Waals surface area contributed by atoms with Crippen molar-refractivity contribution in [3.8, 4) is 17.0 Å². The lowest BCUT2D eigenvalue weighted by Gasteiger charge is -2.27. The Balaban J connectivity index is 1.59. The van der Waals surface area contributed by atoms with Crippen LogP contribution in [-0.2, 0) is 9.53 Å². The summed E-state index contributed by atoms with van der Waals surface area (Å²) in [5.41, 5.74) is 1.71. The molecule has 10 heteroatoms. The quantitative estimate of drug-likeness (QED) is 0.597. The standard InChI is InChI=1S/C24H34N6O4/c1-4-25-24(32)30(15-16-33-2)18-23(31)29-12-6-11-28(13-14-29)22-10-9-21(26-27-22)19-7-5-8-20(17-19)34-3/h5,7-10,17H,4,6,11-16,18H2,1-3H3,(H,25,32). The summed E-state index contributed by atoms with van der Waals surface area (Å²) in [6.45, 7) is 5.76. The Morgan fingerprint density at radius 1 is 1.09 bits per heavy atom. The second-order valence-electron chi connectivity index (χ2n) is 7.98. The first-order valence-corrected chi connectivity index (χ1v) is 11.6. The van der Waals surface area contributed by atoms with Crippen molar-refractivity contribution in [1.29, 1.82) is 0 Å². The highest BCUT2D eigenvalue weighted by molar-refractivity contribution is 5.84. The van der Waals surface area contributed by atoms with Crippen LogP contribution in [0.15, 0.2) is 36.4 Å². The van der Waals surface area contributed by atoms with Gasteiger partial charge in [-0.3, -0.25) is 4.79 Å². The number of carbonyl (C=O) groups excluding carboxylic acids is 2. The summed E-state index contributed by atoms with van der Waals surface area (Å²) in [6.07, 6.45) is 0.810. The molecule has 10 nitrogen and oxygen atoms in total. The third-order valence-electron chi connectivity index (χ3n) is 5.70. The van der Waals surface area contributed by atoms with Gasteiger partial charge < -0.3 is 29.5 Å². The molecule has 0 spiro atoms. The zero-order chi connectivity index (χ0) is 24.3. The Morgan fingerprint density at radius 2 is 1.94 bits per heavy atom. The van der Waals surface area contributed by atoms with Crippen LogP contribution >= 0.6 is 0 Å². The Hall–Kier alpha value is -3.40. The van der Waals surface area contributed by atoms with Crippen molar-refractivity contribution in [3.05, 3.63) is 36.4 Å². The molecule has 0 aliphatic carbocycles. The number of hydrogen-bond donors (Lipinski definition) is 1. The molecule has 1 aliphatic heterocycles. The van der Waals surface area contributed by atoms with E-state index >= 15 is 0 Å². The third-order valence-corrected chi connectivity index (χ3v) is 5.70. The zero-order valence-corrected chi connectivity index (χ0v) is 20.2. The predicted molar refractivity (Wildman–Crippen MR) is 130 cm³/mol. The fourth-order valence-corrected chi connectivity index (χ4v) is 3.81. The molecule has 0 saturated carbocycles. The van der Waals surface area contributed by atoms with Gasteiger partial charge in [0.2, 0.25) is 5.91 Å². The van der Waals surface area contributed by atoms with Crippen molar-refractivity contribution in [3.63, 3.8) is 0 Å². The SMILES string of the molecule is CCNC(=O)N(CCOC)CC(=O)N1CCCN(c2ccc(-c3cccc(OC)c3)nn2)CC1. The van der Waals surface area contributed by atoms with Crippen LogP contribution in [0.5, 0.6) is 5.75 Å². The van der Waals surface area contributed by atoms with Crippen LogP contribution in [0.3, 0.4) is 0 Å². The van der Waals surface area contributed by atoms with Crippen molar-refractivity contribution in [2.45, 2.75) is 13.3 Å². The number of benzene rings is 1. The highest BCUT2D eigenvalue weighted by Crippen LogP contribution is 2.23. The molecule has 2 heterocycles. The van der Waals surface area contributed by atoms with Gasteiger partial charge in [-0.1, -0.05) is 12.1 Å². The molecule has 0 atom stereocenters. The van der Waals surface area contributed by atoms with Gasteiger partial charge in [0.05, 0.1) is 19.4 Å². The Morgan fingerprint density at radius 3 is 2.65 bits per heavy atom. The van der Waals surface area contributed by atoms with Gasteiger partial charge in [0, 0.05) is 51.9 Å². The smallest absolute Gasteiger partial charge is 0.317 e. The summed E-state index contributed by atoms with van der Waals surface area (Å²) in [4.78, 5) is 30.7. The number of anilines is 1. The van der Waals surface area contributed by atoms with E-state index in [2.05, 4.69) is 20.4 Å². The molecular weight excluding hydrogens is 436 g/mol. The maximum absolute atomic E-state index is 12.9. The largest absolute Gasteiger partial charge is 0.497 e. The summed E-state index contributed by atoms with van der Waals surface area (Å²) in [5.74, 6) is 1.49. The van der Waals surface area contributed by atoms with E-state index in [1.807, 2.05) is 48.2 Å². The third kappa shape index (κ3) is 6.80. The van der Waals surface area contributed by atoms with E-state index in [1.54, 1.807) is 14.2 Å². The van der Waals surface area contributed by atoms with Crippen molar-refractivity contribution in [2.24, 2.45) is 0 Å². The average Bonchev–Trinajstić information content (AvgIpc) is 3.13. The molecule has 1 fully saturated rings. The summed E-state index contributed by atoms with van der Waals surface area (Å²) >= 11 is 0. The molecule has 0 radical (unpaired) electrons. The summed E-state index contributed by atoms with van der Waals surface area (Å²) < 4.78 is 10.4. The average molecular weight is 471 g/mol. The number of rotatable bonds is 9. The number of methoxy groups -OCH3 is 2. The van der Waals surface area contributed by atoms with Gasteiger partial charge in [-0.05, 0) is 37.6 Å². The lowest BCUT2D eigenvalue weighted by atomic mass is 10.1. The molecule has 1 aromatic heterocycles. The fraction of sp³-hybridized carbons (Fsp3) is 0.500. The summed E-state index contributed by atoms with van der Waals surface area (Å²) in [5, 5.41) is 11.6. The molecule has 184 valence electrons. The van der Waals surface area contributed by atoms with E-state index < -0.39 is 0 Å². The Kier molecular flexibility index (Phi) is 9.45. The van der Waals surface area contributed by atoms with Crippen molar-refractivity contribution < 1.29 is 19.1 Å². The first kappa shape index (κ1) is 25.2. The highest BCUT2D eigenvalue weighted by Gasteiger charge is 2.24. The predicted octanol–water partition coefficient (Wildman–Crippen LogP) is 1.87. The second kappa shape index (κ2) is 12.7. The van der Waals surface area contributed by atoms with Crippen molar-refractivity contribution in [1.82, 2.24) is 25.3 Å². The molecule has 1 aromatic carbocycles. The van der Waals surface area contributed by atoms with Gasteiger partial charge in [0.15, 0.2) is 5.82 Å². The molecule has 3 amide bonds. The van der Waals surface area contributed by atoms with Gasteiger partial charge >= 0.3 is 6.03 Å². The minimum absolute atomic E-state index is 0.0320. The van der Waals surface area contributed by atoms with Crippen LogP contribution < -0.4 is 15.0 Å². The number of urea groups is 1. The molecule has 0 bridgehead atoms. The number of hydrogen-bond acceptors (Lipinski definition) is 7. The molecular formula is C24H34N6O4. The maximum atomic E-state index is 12.9. The normalized spacial score (nSPS) is 13.9. The molecule has 1 aliphatic rings. The number of nitrogens with one attached hydrogen (secondary N) is 1. The Bertz CT molecular complexity index is 939. The first-order chi connectivity index (χ1) is 16.5. The van der Waals surface area contributed by atoms with E-state index in [-0.39, 0.29) is 18.5 Å². The van der Waals surface area contributed by atoms with E-state index in [4.69, 9.17) is 9.47 Å². The van der Waals surface area contributed by atoms with Crippen LogP contribution in [0.4, 0.5) is 10.6 Å². The monoisotopic (exact) mass is 470 g/mol. The summed E-state index contributed by atoms with van der Waals surface area (Å²) in [7, 11) is 3.21. The van der Waals surface area contributed by atoms with E-state index in [1.165, 1.54) is 4.90 Å².